The second-order valence-electron chi connectivity index (χ2n) is 8.79. The highest BCUT2D eigenvalue weighted by atomic mass is 16.5. The third-order valence-corrected chi connectivity index (χ3v) is 4.15. The van der Waals surface area contributed by atoms with Crippen LogP contribution in [0.1, 0.15) is 63.0 Å². The number of hydrogen-bond acceptors (Lipinski definition) is 3. The molecule has 146 valence electrons. The first kappa shape index (κ1) is 20.8. The highest BCUT2D eigenvalue weighted by molar-refractivity contribution is 5.95. The van der Waals surface area contributed by atoms with Crippen LogP contribution in [0.5, 0.6) is 11.5 Å². The summed E-state index contributed by atoms with van der Waals surface area (Å²) in [7, 11) is 1.62. The molecule has 4 heteroatoms. The Morgan fingerprint density at radius 1 is 0.963 bits per heavy atom. The first-order chi connectivity index (χ1) is 12.5. The minimum absolute atomic E-state index is 0.108. The number of methoxy groups -OCH3 is 1. The summed E-state index contributed by atoms with van der Waals surface area (Å²) >= 11 is 0. The number of hydrogen-bond donors (Lipinski definition) is 1. The van der Waals surface area contributed by atoms with Gasteiger partial charge >= 0.3 is 0 Å². The molecule has 0 saturated carbocycles. The molecule has 0 radical (unpaired) electrons. The van der Waals surface area contributed by atoms with Gasteiger partial charge in [-0.05, 0) is 62.1 Å². The van der Waals surface area contributed by atoms with Gasteiger partial charge in [0.05, 0.1) is 7.11 Å². The van der Waals surface area contributed by atoms with Crippen molar-refractivity contribution in [2.24, 2.45) is 0 Å². The number of ether oxygens (including phenoxy) is 2. The van der Waals surface area contributed by atoms with Gasteiger partial charge in [-0.3, -0.25) is 4.79 Å². The highest BCUT2D eigenvalue weighted by Crippen LogP contribution is 2.26. The predicted molar refractivity (Wildman–Crippen MR) is 110 cm³/mol. The molecule has 0 saturated heterocycles. The van der Waals surface area contributed by atoms with Crippen molar-refractivity contribution in [2.75, 3.05) is 7.11 Å². The molecule has 2 aromatic rings. The van der Waals surface area contributed by atoms with Crippen LogP contribution >= 0.6 is 0 Å². The fourth-order valence-electron chi connectivity index (χ4n) is 2.66. The number of carbonyl (C=O) groups is 1. The van der Waals surface area contributed by atoms with E-state index in [1.807, 2.05) is 39.0 Å². The van der Waals surface area contributed by atoms with Crippen LogP contribution in [-0.4, -0.2) is 18.6 Å². The lowest BCUT2D eigenvalue weighted by molar-refractivity contribution is 0.0919. The zero-order valence-corrected chi connectivity index (χ0v) is 17.5. The summed E-state index contributed by atoms with van der Waals surface area (Å²) in [5.41, 5.74) is 2.50. The second-order valence-corrected chi connectivity index (χ2v) is 8.79. The van der Waals surface area contributed by atoms with Crippen molar-refractivity contribution in [3.63, 3.8) is 0 Å². The van der Waals surface area contributed by atoms with Gasteiger partial charge in [0, 0.05) is 16.7 Å². The summed E-state index contributed by atoms with van der Waals surface area (Å²) < 4.78 is 11.3. The molecule has 0 aliphatic heterocycles. The Labute approximate surface area is 162 Å². The monoisotopic (exact) mass is 369 g/mol. The standard InChI is InChI=1S/C23H31NO3/c1-22(2,3)18-9-11-19(12-10-18)27-15-17-14-16(8-13-20(17)26-7)21(25)24-23(4,5)6/h8-14H,15H2,1-7H3,(H,24,25). The van der Waals surface area contributed by atoms with Crippen LogP contribution in [0.25, 0.3) is 0 Å². The topological polar surface area (TPSA) is 47.6 Å². The molecule has 0 aromatic heterocycles. The van der Waals surface area contributed by atoms with Gasteiger partial charge in [0.15, 0.2) is 0 Å². The van der Waals surface area contributed by atoms with E-state index in [-0.39, 0.29) is 16.9 Å². The maximum atomic E-state index is 12.4. The normalized spacial score (nSPS) is 11.8. The summed E-state index contributed by atoms with van der Waals surface area (Å²) in [4.78, 5) is 12.4. The molecule has 0 spiro atoms. The molecule has 27 heavy (non-hydrogen) atoms. The summed E-state index contributed by atoms with van der Waals surface area (Å²) in [6, 6.07) is 13.5. The van der Waals surface area contributed by atoms with E-state index in [4.69, 9.17) is 9.47 Å². The van der Waals surface area contributed by atoms with Gasteiger partial charge < -0.3 is 14.8 Å². The van der Waals surface area contributed by atoms with Crippen LogP contribution in [0.2, 0.25) is 0 Å². The molecule has 0 atom stereocenters. The van der Waals surface area contributed by atoms with Crippen molar-refractivity contribution in [3.8, 4) is 11.5 Å². The van der Waals surface area contributed by atoms with E-state index < -0.39 is 0 Å². The lowest BCUT2D eigenvalue weighted by atomic mass is 9.87. The Kier molecular flexibility index (Phi) is 6.19. The largest absolute Gasteiger partial charge is 0.496 e. The van der Waals surface area contributed by atoms with Crippen LogP contribution in [0.3, 0.4) is 0 Å². The Hall–Kier alpha value is -2.49. The van der Waals surface area contributed by atoms with Crippen molar-refractivity contribution in [1.29, 1.82) is 0 Å². The molecule has 0 unspecified atom stereocenters. The number of rotatable bonds is 5. The molecular weight excluding hydrogens is 338 g/mol. The Morgan fingerprint density at radius 3 is 2.11 bits per heavy atom. The molecule has 0 aliphatic rings. The number of carbonyl (C=O) groups excluding carboxylic acids is 1. The van der Waals surface area contributed by atoms with Gasteiger partial charge in [0.25, 0.3) is 5.91 Å². The molecule has 2 rings (SSSR count). The fourth-order valence-corrected chi connectivity index (χ4v) is 2.66. The minimum Gasteiger partial charge on any atom is -0.496 e. The average Bonchev–Trinajstić information content (AvgIpc) is 2.57. The van der Waals surface area contributed by atoms with Crippen LogP contribution in [0.15, 0.2) is 42.5 Å². The van der Waals surface area contributed by atoms with E-state index in [1.165, 1.54) is 5.56 Å². The van der Waals surface area contributed by atoms with E-state index in [1.54, 1.807) is 19.2 Å². The molecule has 0 fully saturated rings. The molecule has 0 bridgehead atoms. The quantitative estimate of drug-likeness (QED) is 0.797. The lowest BCUT2D eigenvalue weighted by Crippen LogP contribution is -2.40. The van der Waals surface area contributed by atoms with Crippen LogP contribution in [0.4, 0.5) is 0 Å². The number of amides is 1. The van der Waals surface area contributed by atoms with Crippen molar-refractivity contribution in [2.45, 2.75) is 59.1 Å². The summed E-state index contributed by atoms with van der Waals surface area (Å²) in [5.74, 6) is 1.38. The Balaban J connectivity index is 2.15. The van der Waals surface area contributed by atoms with Gasteiger partial charge in [-0.15, -0.1) is 0 Å². The number of nitrogens with one attached hydrogen (secondary N) is 1. The Bertz CT molecular complexity index is 781. The first-order valence-electron chi connectivity index (χ1n) is 9.22. The van der Waals surface area contributed by atoms with E-state index in [0.717, 1.165) is 11.3 Å². The van der Waals surface area contributed by atoms with E-state index in [0.29, 0.717) is 17.9 Å². The molecule has 1 N–H and O–H groups in total. The highest BCUT2D eigenvalue weighted by Gasteiger charge is 2.17. The third kappa shape index (κ3) is 6.02. The zero-order chi connectivity index (χ0) is 20.2. The molecule has 1 amide bonds. The lowest BCUT2D eigenvalue weighted by Gasteiger charge is -2.21. The van der Waals surface area contributed by atoms with Crippen molar-refractivity contribution in [3.05, 3.63) is 59.2 Å². The average molecular weight is 370 g/mol. The second kappa shape index (κ2) is 8.03. The van der Waals surface area contributed by atoms with Gasteiger partial charge in [-0.2, -0.15) is 0 Å². The maximum absolute atomic E-state index is 12.4. The molecule has 0 aliphatic carbocycles. The van der Waals surface area contributed by atoms with E-state index >= 15 is 0 Å². The van der Waals surface area contributed by atoms with Gasteiger partial charge in [0.2, 0.25) is 0 Å². The maximum Gasteiger partial charge on any atom is 0.251 e. The SMILES string of the molecule is COc1ccc(C(=O)NC(C)(C)C)cc1COc1ccc(C(C)(C)C)cc1. The molecule has 0 heterocycles. The summed E-state index contributed by atoms with van der Waals surface area (Å²) in [6.45, 7) is 12.7. The first-order valence-corrected chi connectivity index (χ1v) is 9.22. The Morgan fingerprint density at radius 2 is 1.59 bits per heavy atom. The number of benzene rings is 2. The molecule has 2 aromatic carbocycles. The van der Waals surface area contributed by atoms with Crippen LogP contribution < -0.4 is 14.8 Å². The van der Waals surface area contributed by atoms with Crippen molar-refractivity contribution >= 4 is 5.91 Å². The smallest absolute Gasteiger partial charge is 0.251 e. The fraction of sp³-hybridized carbons (Fsp3) is 0.435. The summed E-state index contributed by atoms with van der Waals surface area (Å²) in [6.07, 6.45) is 0. The van der Waals surface area contributed by atoms with E-state index in [2.05, 4.69) is 38.2 Å². The predicted octanol–water partition coefficient (Wildman–Crippen LogP) is 5.10. The van der Waals surface area contributed by atoms with Crippen molar-refractivity contribution < 1.29 is 14.3 Å². The van der Waals surface area contributed by atoms with Crippen LogP contribution in [-0.2, 0) is 12.0 Å². The van der Waals surface area contributed by atoms with Crippen LogP contribution in [0, 0.1) is 0 Å². The zero-order valence-electron chi connectivity index (χ0n) is 17.5. The summed E-state index contributed by atoms with van der Waals surface area (Å²) in [5, 5.41) is 2.97. The van der Waals surface area contributed by atoms with E-state index in [9.17, 15) is 4.79 Å². The van der Waals surface area contributed by atoms with Gasteiger partial charge in [0.1, 0.15) is 18.1 Å². The third-order valence-electron chi connectivity index (χ3n) is 4.15. The minimum atomic E-state index is -0.289. The van der Waals surface area contributed by atoms with Gasteiger partial charge in [-0.25, -0.2) is 0 Å². The van der Waals surface area contributed by atoms with Gasteiger partial charge in [-0.1, -0.05) is 32.9 Å². The van der Waals surface area contributed by atoms with Crippen molar-refractivity contribution in [1.82, 2.24) is 5.32 Å². The molecular formula is C23H31NO3. The molecule has 4 nitrogen and oxygen atoms in total.